The van der Waals surface area contributed by atoms with E-state index in [2.05, 4.69) is 31.4 Å². The lowest BCUT2D eigenvalue weighted by atomic mass is 9.67. The van der Waals surface area contributed by atoms with Crippen molar-refractivity contribution in [2.24, 2.45) is 11.3 Å². The smallest absolute Gasteiger partial charge is 0.240 e. The number of hydrogen-bond acceptors (Lipinski definition) is 2. The number of carbonyl (C=O) groups excluding carboxylic acids is 1. The van der Waals surface area contributed by atoms with E-state index in [9.17, 15) is 4.79 Å². The average Bonchev–Trinajstić information content (AvgIpc) is 2.22. The first-order valence-corrected chi connectivity index (χ1v) is 6.47. The molecule has 1 aliphatic carbocycles. The van der Waals surface area contributed by atoms with Crippen molar-refractivity contribution in [3.63, 3.8) is 0 Å². The van der Waals surface area contributed by atoms with Crippen LogP contribution in [0.4, 0.5) is 0 Å². The monoisotopic (exact) mass is 224 g/mol. The van der Waals surface area contributed by atoms with E-state index in [0.717, 1.165) is 31.8 Å². The van der Waals surface area contributed by atoms with Gasteiger partial charge in [-0.05, 0) is 37.0 Å². The van der Waals surface area contributed by atoms with E-state index in [0.29, 0.717) is 5.41 Å². The van der Waals surface area contributed by atoms with Gasteiger partial charge in [-0.15, -0.1) is 0 Å². The van der Waals surface area contributed by atoms with Gasteiger partial charge in [0.05, 0.1) is 5.54 Å². The number of rotatable bonds is 0. The van der Waals surface area contributed by atoms with Crippen LogP contribution in [0.25, 0.3) is 0 Å². The SMILES string of the molecule is CC(C)(C)C1CCC2(CC1)NCCNC2=O. The van der Waals surface area contributed by atoms with E-state index in [1.807, 2.05) is 0 Å². The van der Waals surface area contributed by atoms with Gasteiger partial charge in [0.2, 0.25) is 5.91 Å². The summed E-state index contributed by atoms with van der Waals surface area (Å²) in [5.41, 5.74) is 0.146. The molecule has 1 aliphatic heterocycles. The second-order valence-electron chi connectivity index (χ2n) is 6.41. The Labute approximate surface area is 98.4 Å². The van der Waals surface area contributed by atoms with Crippen LogP contribution in [0.3, 0.4) is 0 Å². The van der Waals surface area contributed by atoms with E-state index in [1.165, 1.54) is 12.8 Å². The number of piperazine rings is 1. The minimum Gasteiger partial charge on any atom is -0.353 e. The Morgan fingerprint density at radius 1 is 1.19 bits per heavy atom. The maximum atomic E-state index is 12.0. The van der Waals surface area contributed by atoms with E-state index < -0.39 is 0 Å². The van der Waals surface area contributed by atoms with Crippen LogP contribution < -0.4 is 10.6 Å². The van der Waals surface area contributed by atoms with Gasteiger partial charge in [-0.25, -0.2) is 0 Å². The van der Waals surface area contributed by atoms with Crippen LogP contribution in [0.15, 0.2) is 0 Å². The molecule has 1 saturated heterocycles. The van der Waals surface area contributed by atoms with Crippen LogP contribution in [-0.2, 0) is 4.79 Å². The Hall–Kier alpha value is -0.570. The minimum atomic E-state index is -0.236. The summed E-state index contributed by atoms with van der Waals surface area (Å²) < 4.78 is 0. The first-order chi connectivity index (χ1) is 7.44. The van der Waals surface area contributed by atoms with Crippen LogP contribution in [-0.4, -0.2) is 24.5 Å². The molecule has 16 heavy (non-hydrogen) atoms. The zero-order valence-corrected chi connectivity index (χ0v) is 10.7. The maximum Gasteiger partial charge on any atom is 0.240 e. The van der Waals surface area contributed by atoms with Gasteiger partial charge in [0.15, 0.2) is 0 Å². The second kappa shape index (κ2) is 4.02. The van der Waals surface area contributed by atoms with Crippen LogP contribution in [0.2, 0.25) is 0 Å². The fraction of sp³-hybridized carbons (Fsp3) is 0.923. The van der Waals surface area contributed by atoms with Crippen molar-refractivity contribution in [2.45, 2.75) is 52.0 Å². The largest absolute Gasteiger partial charge is 0.353 e. The average molecular weight is 224 g/mol. The fourth-order valence-corrected chi connectivity index (χ4v) is 3.11. The number of hydrogen-bond donors (Lipinski definition) is 2. The summed E-state index contributed by atoms with van der Waals surface area (Å²) in [6, 6.07) is 0. The topological polar surface area (TPSA) is 41.1 Å². The molecule has 1 heterocycles. The summed E-state index contributed by atoms with van der Waals surface area (Å²) in [6.07, 6.45) is 4.34. The summed E-state index contributed by atoms with van der Waals surface area (Å²) >= 11 is 0. The molecule has 0 aromatic heterocycles. The highest BCUT2D eigenvalue weighted by Crippen LogP contribution is 2.41. The molecule has 92 valence electrons. The lowest BCUT2D eigenvalue weighted by Crippen LogP contribution is -2.64. The van der Waals surface area contributed by atoms with Crippen molar-refractivity contribution in [3.05, 3.63) is 0 Å². The van der Waals surface area contributed by atoms with Crippen molar-refractivity contribution in [1.82, 2.24) is 10.6 Å². The van der Waals surface area contributed by atoms with E-state index in [-0.39, 0.29) is 11.4 Å². The first-order valence-electron chi connectivity index (χ1n) is 6.47. The molecule has 1 spiro atoms. The molecule has 3 heteroatoms. The fourth-order valence-electron chi connectivity index (χ4n) is 3.11. The van der Waals surface area contributed by atoms with Gasteiger partial charge in [0, 0.05) is 13.1 Å². The summed E-state index contributed by atoms with van der Waals surface area (Å²) in [7, 11) is 0. The molecule has 2 N–H and O–H groups in total. The van der Waals surface area contributed by atoms with Crippen molar-refractivity contribution in [1.29, 1.82) is 0 Å². The Kier molecular flexibility index (Phi) is 2.99. The van der Waals surface area contributed by atoms with Crippen molar-refractivity contribution < 1.29 is 4.79 Å². The lowest BCUT2D eigenvalue weighted by molar-refractivity contribution is -0.131. The first kappa shape index (κ1) is 11.9. The molecule has 0 aromatic rings. The third-order valence-corrected chi connectivity index (χ3v) is 4.37. The third kappa shape index (κ3) is 2.10. The second-order valence-corrected chi connectivity index (χ2v) is 6.41. The zero-order chi connectivity index (χ0) is 11.8. The van der Waals surface area contributed by atoms with Crippen LogP contribution >= 0.6 is 0 Å². The standard InChI is InChI=1S/C13H24N2O/c1-12(2,3)10-4-6-13(7-5-10)11(16)14-8-9-15-13/h10,15H,4-9H2,1-3H3,(H,14,16). The van der Waals surface area contributed by atoms with Gasteiger partial charge >= 0.3 is 0 Å². The highest BCUT2D eigenvalue weighted by molar-refractivity contribution is 5.87. The molecule has 3 nitrogen and oxygen atoms in total. The van der Waals surface area contributed by atoms with Gasteiger partial charge in [0.1, 0.15) is 0 Å². The Morgan fingerprint density at radius 2 is 1.81 bits per heavy atom. The Morgan fingerprint density at radius 3 is 2.31 bits per heavy atom. The molecule has 2 aliphatic rings. The van der Waals surface area contributed by atoms with Crippen molar-refractivity contribution in [2.75, 3.05) is 13.1 Å². The Bertz CT molecular complexity index is 272. The number of carbonyl (C=O) groups is 1. The lowest BCUT2D eigenvalue weighted by Gasteiger charge is -2.45. The molecule has 2 fully saturated rings. The molecule has 0 radical (unpaired) electrons. The van der Waals surface area contributed by atoms with Gasteiger partial charge < -0.3 is 10.6 Å². The van der Waals surface area contributed by atoms with E-state index in [4.69, 9.17) is 0 Å². The van der Waals surface area contributed by atoms with Crippen LogP contribution in [0.5, 0.6) is 0 Å². The summed E-state index contributed by atoms with van der Waals surface area (Å²) in [6.45, 7) is 8.63. The van der Waals surface area contributed by atoms with Gasteiger partial charge in [-0.3, -0.25) is 4.79 Å². The van der Waals surface area contributed by atoms with E-state index >= 15 is 0 Å². The highest BCUT2D eigenvalue weighted by Gasteiger charge is 2.44. The molecule has 1 saturated carbocycles. The predicted molar refractivity (Wildman–Crippen MR) is 65.2 cm³/mol. The number of amides is 1. The minimum absolute atomic E-state index is 0.228. The molecule has 0 atom stereocenters. The summed E-state index contributed by atoms with van der Waals surface area (Å²) in [4.78, 5) is 12.0. The molecular formula is C13H24N2O. The van der Waals surface area contributed by atoms with Crippen LogP contribution in [0.1, 0.15) is 46.5 Å². The molecule has 0 unspecified atom stereocenters. The molecule has 1 amide bonds. The zero-order valence-electron chi connectivity index (χ0n) is 10.7. The maximum absolute atomic E-state index is 12.0. The van der Waals surface area contributed by atoms with E-state index in [1.54, 1.807) is 0 Å². The van der Waals surface area contributed by atoms with Crippen LogP contribution in [0, 0.1) is 11.3 Å². The van der Waals surface area contributed by atoms with Crippen molar-refractivity contribution >= 4 is 5.91 Å². The van der Waals surface area contributed by atoms with Gasteiger partial charge in [-0.1, -0.05) is 20.8 Å². The van der Waals surface area contributed by atoms with Crippen molar-refractivity contribution in [3.8, 4) is 0 Å². The number of nitrogens with one attached hydrogen (secondary N) is 2. The molecule has 0 aromatic carbocycles. The predicted octanol–water partition coefficient (Wildman–Crippen LogP) is 1.68. The molecule has 2 rings (SSSR count). The Balaban J connectivity index is 2.00. The normalized spacial score (nSPS) is 36.2. The molecule has 0 bridgehead atoms. The summed E-state index contributed by atoms with van der Waals surface area (Å²) in [5, 5.41) is 6.44. The third-order valence-electron chi connectivity index (χ3n) is 4.37. The molecular weight excluding hydrogens is 200 g/mol. The van der Waals surface area contributed by atoms with Gasteiger partial charge in [-0.2, -0.15) is 0 Å². The highest BCUT2D eigenvalue weighted by atomic mass is 16.2. The van der Waals surface area contributed by atoms with Gasteiger partial charge in [0.25, 0.3) is 0 Å². The summed E-state index contributed by atoms with van der Waals surface area (Å²) in [5.74, 6) is 0.987. The quantitative estimate of drug-likeness (QED) is 0.657.